The first-order chi connectivity index (χ1) is 9.32. The van der Waals surface area contributed by atoms with E-state index >= 15 is 0 Å². The molecular weight excluding hydrogens is 343 g/mol. The van der Waals surface area contributed by atoms with Gasteiger partial charge in [0.1, 0.15) is 0 Å². The Bertz CT molecular complexity index is 687. The van der Waals surface area contributed by atoms with Crippen molar-refractivity contribution in [3.05, 3.63) is 67.4 Å². The van der Waals surface area contributed by atoms with Crippen LogP contribution in [0.3, 0.4) is 0 Å². The van der Waals surface area contributed by atoms with Gasteiger partial charge in [0, 0.05) is 10.0 Å². The van der Waals surface area contributed by atoms with E-state index in [1.54, 1.807) is 6.07 Å². The van der Waals surface area contributed by atoms with Crippen molar-refractivity contribution in [2.75, 3.05) is 0 Å². The van der Waals surface area contributed by atoms with Gasteiger partial charge in [-0.3, -0.25) is 4.79 Å². The molecule has 0 N–H and O–H groups in total. The van der Waals surface area contributed by atoms with Gasteiger partial charge in [0.05, 0.1) is 10.6 Å². The number of benzene rings is 2. The molecular formula is C16H13BrClFO. The van der Waals surface area contributed by atoms with Crippen LogP contribution < -0.4 is 0 Å². The van der Waals surface area contributed by atoms with Crippen molar-refractivity contribution in [3.8, 4) is 0 Å². The van der Waals surface area contributed by atoms with Crippen molar-refractivity contribution in [2.45, 2.75) is 20.8 Å². The summed E-state index contributed by atoms with van der Waals surface area (Å²) in [7, 11) is 0. The van der Waals surface area contributed by atoms with Gasteiger partial charge in [-0.25, -0.2) is 4.39 Å². The van der Waals surface area contributed by atoms with E-state index in [1.165, 1.54) is 6.07 Å². The second-order valence-electron chi connectivity index (χ2n) is 4.83. The van der Waals surface area contributed by atoms with Gasteiger partial charge in [-0.15, -0.1) is 0 Å². The standard InChI is InChI=1S/C16H13BrClFO/c1-8-6-9(2)13(10(3)7-8)16(20)11-4-5-12(17)14(18)15(11)19/h4-7H,1-3H3. The molecule has 0 heterocycles. The first-order valence-electron chi connectivity index (χ1n) is 6.09. The van der Waals surface area contributed by atoms with Crippen LogP contribution >= 0.6 is 27.5 Å². The lowest BCUT2D eigenvalue weighted by molar-refractivity contribution is 0.103. The fraction of sp³-hybridized carbons (Fsp3) is 0.188. The van der Waals surface area contributed by atoms with Gasteiger partial charge in [-0.05, 0) is 60.0 Å². The highest BCUT2D eigenvalue weighted by Crippen LogP contribution is 2.30. The van der Waals surface area contributed by atoms with Crippen molar-refractivity contribution in [1.82, 2.24) is 0 Å². The molecule has 0 bridgehead atoms. The fourth-order valence-electron chi connectivity index (χ4n) is 2.37. The minimum Gasteiger partial charge on any atom is -0.288 e. The Labute approximate surface area is 130 Å². The lowest BCUT2D eigenvalue weighted by Crippen LogP contribution is -2.09. The van der Waals surface area contributed by atoms with Crippen LogP contribution in [0.25, 0.3) is 0 Å². The molecule has 0 unspecified atom stereocenters. The van der Waals surface area contributed by atoms with Crippen LogP contribution in [0.4, 0.5) is 4.39 Å². The maximum absolute atomic E-state index is 14.2. The zero-order valence-electron chi connectivity index (χ0n) is 11.4. The van der Waals surface area contributed by atoms with Crippen molar-refractivity contribution < 1.29 is 9.18 Å². The van der Waals surface area contributed by atoms with Gasteiger partial charge in [0.2, 0.25) is 0 Å². The normalized spacial score (nSPS) is 10.7. The van der Waals surface area contributed by atoms with Gasteiger partial charge in [0.15, 0.2) is 11.6 Å². The molecule has 0 saturated carbocycles. The third kappa shape index (κ3) is 2.65. The van der Waals surface area contributed by atoms with E-state index < -0.39 is 5.82 Å². The number of carbonyl (C=O) groups excluding carboxylic acids is 1. The third-order valence-electron chi connectivity index (χ3n) is 3.18. The molecule has 0 spiro atoms. The topological polar surface area (TPSA) is 17.1 Å². The Balaban J connectivity index is 2.61. The summed E-state index contributed by atoms with van der Waals surface area (Å²) in [6.07, 6.45) is 0. The Kier molecular flexibility index (Phi) is 4.31. The molecule has 2 aromatic rings. The number of rotatable bonds is 2. The number of ketones is 1. The van der Waals surface area contributed by atoms with Gasteiger partial charge in [-0.2, -0.15) is 0 Å². The summed E-state index contributed by atoms with van der Waals surface area (Å²) in [5.41, 5.74) is 3.28. The maximum atomic E-state index is 14.2. The molecule has 2 aromatic carbocycles. The molecule has 0 saturated heterocycles. The van der Waals surface area contributed by atoms with Gasteiger partial charge >= 0.3 is 0 Å². The molecule has 0 amide bonds. The second-order valence-corrected chi connectivity index (χ2v) is 6.06. The summed E-state index contributed by atoms with van der Waals surface area (Å²) in [6, 6.07) is 6.86. The van der Waals surface area contributed by atoms with E-state index in [0.29, 0.717) is 10.0 Å². The summed E-state index contributed by atoms with van der Waals surface area (Å²) >= 11 is 8.99. The number of aryl methyl sites for hydroxylation is 3. The fourth-order valence-corrected chi connectivity index (χ4v) is 2.85. The molecule has 2 rings (SSSR count). The van der Waals surface area contributed by atoms with Crippen molar-refractivity contribution >= 4 is 33.3 Å². The molecule has 0 aliphatic carbocycles. The number of halogens is 3. The summed E-state index contributed by atoms with van der Waals surface area (Å²) in [5.74, 6) is -1.03. The Morgan fingerprint density at radius 3 is 2.25 bits per heavy atom. The van der Waals surface area contributed by atoms with Crippen LogP contribution in [-0.4, -0.2) is 5.78 Å². The molecule has 0 aromatic heterocycles. The Hall–Kier alpha value is -1.19. The third-order valence-corrected chi connectivity index (χ3v) is 4.44. The molecule has 0 aliphatic heterocycles. The molecule has 4 heteroatoms. The summed E-state index contributed by atoms with van der Waals surface area (Å²) in [6.45, 7) is 5.67. The Morgan fingerprint density at radius 1 is 1.15 bits per heavy atom. The minimum atomic E-state index is -0.689. The number of hydrogen-bond donors (Lipinski definition) is 0. The van der Waals surface area contributed by atoms with Crippen molar-refractivity contribution in [2.24, 2.45) is 0 Å². The average molecular weight is 356 g/mol. The predicted octanol–water partition coefficient (Wildman–Crippen LogP) is 5.40. The van der Waals surface area contributed by atoms with Gasteiger partial charge < -0.3 is 0 Å². The average Bonchev–Trinajstić information content (AvgIpc) is 2.34. The van der Waals surface area contributed by atoms with Gasteiger partial charge in [0.25, 0.3) is 0 Å². The Morgan fingerprint density at radius 2 is 1.70 bits per heavy atom. The van der Waals surface area contributed by atoms with E-state index in [2.05, 4.69) is 15.9 Å². The van der Waals surface area contributed by atoms with E-state index in [4.69, 9.17) is 11.6 Å². The smallest absolute Gasteiger partial charge is 0.196 e. The molecule has 20 heavy (non-hydrogen) atoms. The number of hydrogen-bond acceptors (Lipinski definition) is 1. The minimum absolute atomic E-state index is 0.00625. The van der Waals surface area contributed by atoms with Crippen LogP contribution in [0.1, 0.15) is 32.6 Å². The molecule has 1 nitrogen and oxygen atoms in total. The van der Waals surface area contributed by atoms with Crippen LogP contribution in [-0.2, 0) is 0 Å². The van der Waals surface area contributed by atoms with Crippen LogP contribution in [0, 0.1) is 26.6 Å². The first kappa shape index (κ1) is 15.2. The molecule has 0 aliphatic rings. The van der Waals surface area contributed by atoms with E-state index in [9.17, 15) is 9.18 Å². The highest BCUT2D eigenvalue weighted by Gasteiger charge is 2.21. The monoisotopic (exact) mass is 354 g/mol. The molecule has 0 fully saturated rings. The maximum Gasteiger partial charge on any atom is 0.196 e. The molecule has 104 valence electrons. The predicted molar refractivity (Wildman–Crippen MR) is 83.2 cm³/mol. The molecule has 0 atom stereocenters. The molecule has 0 radical (unpaired) electrons. The summed E-state index contributed by atoms with van der Waals surface area (Å²) in [4.78, 5) is 12.6. The lowest BCUT2D eigenvalue weighted by atomic mass is 9.93. The van der Waals surface area contributed by atoms with Crippen molar-refractivity contribution in [1.29, 1.82) is 0 Å². The van der Waals surface area contributed by atoms with Gasteiger partial charge in [-0.1, -0.05) is 29.3 Å². The zero-order chi connectivity index (χ0) is 15.0. The first-order valence-corrected chi connectivity index (χ1v) is 7.26. The summed E-state index contributed by atoms with van der Waals surface area (Å²) in [5, 5.41) is -0.0710. The van der Waals surface area contributed by atoms with Crippen molar-refractivity contribution in [3.63, 3.8) is 0 Å². The quantitative estimate of drug-likeness (QED) is 0.521. The highest BCUT2D eigenvalue weighted by atomic mass is 79.9. The second kappa shape index (κ2) is 5.66. The zero-order valence-corrected chi connectivity index (χ0v) is 13.7. The largest absolute Gasteiger partial charge is 0.288 e. The lowest BCUT2D eigenvalue weighted by Gasteiger charge is -2.11. The van der Waals surface area contributed by atoms with E-state index in [0.717, 1.165) is 16.7 Å². The van der Waals surface area contributed by atoms with Crippen LogP contribution in [0.15, 0.2) is 28.7 Å². The van der Waals surface area contributed by atoms with E-state index in [-0.39, 0.29) is 16.4 Å². The van der Waals surface area contributed by atoms with Crippen LogP contribution in [0.2, 0.25) is 5.02 Å². The number of carbonyl (C=O) groups is 1. The summed E-state index contributed by atoms with van der Waals surface area (Å²) < 4.78 is 14.6. The van der Waals surface area contributed by atoms with E-state index in [1.807, 2.05) is 32.9 Å². The highest BCUT2D eigenvalue weighted by molar-refractivity contribution is 9.10. The SMILES string of the molecule is Cc1cc(C)c(C(=O)c2ccc(Br)c(Cl)c2F)c(C)c1. The van der Waals surface area contributed by atoms with Crippen LogP contribution in [0.5, 0.6) is 0 Å².